The van der Waals surface area contributed by atoms with Gasteiger partial charge in [-0.3, -0.25) is 10.8 Å². The van der Waals surface area contributed by atoms with E-state index < -0.39 is 0 Å². The van der Waals surface area contributed by atoms with Crippen LogP contribution in [0.3, 0.4) is 0 Å². The minimum absolute atomic E-state index is 0.0370. The zero-order valence-electron chi connectivity index (χ0n) is 13.2. The number of hydrogen-bond acceptors (Lipinski definition) is 4. The van der Waals surface area contributed by atoms with E-state index in [1.54, 1.807) is 48.5 Å². The van der Waals surface area contributed by atoms with E-state index in [0.29, 0.717) is 35.8 Å². The van der Waals surface area contributed by atoms with E-state index in [4.69, 9.17) is 31.8 Å². The highest BCUT2D eigenvalue weighted by Gasteiger charge is 1.98. The second-order valence-electron chi connectivity index (χ2n) is 4.97. The Labute approximate surface area is 140 Å². The number of nitrogen functional groups attached to an aromatic ring is 2. The van der Waals surface area contributed by atoms with Crippen molar-refractivity contribution in [3.8, 4) is 11.5 Å². The summed E-state index contributed by atoms with van der Waals surface area (Å²) in [5, 5.41) is 14.6. The molecule has 0 aliphatic rings. The molecule has 6 nitrogen and oxygen atoms in total. The molecule has 24 heavy (non-hydrogen) atoms. The van der Waals surface area contributed by atoms with Gasteiger partial charge < -0.3 is 20.9 Å². The molecule has 0 saturated heterocycles. The summed E-state index contributed by atoms with van der Waals surface area (Å²) in [6, 6.07) is 14.1. The van der Waals surface area contributed by atoms with Gasteiger partial charge in [0.15, 0.2) is 0 Å². The van der Waals surface area contributed by atoms with Crippen LogP contribution in [0, 0.1) is 10.8 Å². The molecule has 0 radical (unpaired) electrons. The van der Waals surface area contributed by atoms with Gasteiger partial charge in [-0.25, -0.2) is 0 Å². The van der Waals surface area contributed by atoms with Gasteiger partial charge >= 0.3 is 0 Å². The van der Waals surface area contributed by atoms with E-state index in [9.17, 15) is 0 Å². The van der Waals surface area contributed by atoms with Gasteiger partial charge in [-0.05, 0) is 60.7 Å². The van der Waals surface area contributed by atoms with Crippen LogP contribution in [-0.4, -0.2) is 24.9 Å². The van der Waals surface area contributed by atoms with Crippen LogP contribution in [0.1, 0.15) is 11.1 Å². The molecular formula is C18H20N4O2. The topological polar surface area (TPSA) is 118 Å². The zero-order chi connectivity index (χ0) is 17.4. The summed E-state index contributed by atoms with van der Waals surface area (Å²) in [5.74, 6) is 1.50. The van der Waals surface area contributed by atoms with Crippen LogP contribution in [0.15, 0.2) is 60.7 Å². The first-order chi connectivity index (χ1) is 11.6. The van der Waals surface area contributed by atoms with E-state index >= 15 is 0 Å². The summed E-state index contributed by atoms with van der Waals surface area (Å²) in [6.45, 7) is 0.845. The lowest BCUT2D eigenvalue weighted by atomic mass is 10.2. The van der Waals surface area contributed by atoms with Crippen LogP contribution in [-0.2, 0) is 0 Å². The molecule has 6 heteroatoms. The van der Waals surface area contributed by atoms with Gasteiger partial charge in [0, 0.05) is 11.1 Å². The molecular weight excluding hydrogens is 304 g/mol. The quantitative estimate of drug-likeness (QED) is 0.338. The highest BCUT2D eigenvalue weighted by atomic mass is 16.5. The molecule has 0 atom stereocenters. The molecule has 0 fully saturated rings. The molecule has 2 rings (SSSR count). The fourth-order valence-electron chi connectivity index (χ4n) is 1.89. The third-order valence-electron chi connectivity index (χ3n) is 3.19. The number of rotatable bonds is 8. The van der Waals surface area contributed by atoms with Crippen molar-refractivity contribution < 1.29 is 9.47 Å². The fraction of sp³-hybridized carbons (Fsp3) is 0.111. The van der Waals surface area contributed by atoms with Crippen molar-refractivity contribution in [1.29, 1.82) is 10.8 Å². The lowest BCUT2D eigenvalue weighted by Crippen LogP contribution is -2.10. The van der Waals surface area contributed by atoms with Crippen LogP contribution >= 0.6 is 0 Å². The van der Waals surface area contributed by atoms with Gasteiger partial charge in [0.1, 0.15) is 36.4 Å². The second-order valence-corrected chi connectivity index (χ2v) is 4.97. The van der Waals surface area contributed by atoms with Crippen LogP contribution in [0.2, 0.25) is 0 Å². The Morgan fingerprint density at radius 2 is 1.04 bits per heavy atom. The Balaban J connectivity index is 1.71. The number of benzene rings is 2. The van der Waals surface area contributed by atoms with E-state index in [1.165, 1.54) is 0 Å². The van der Waals surface area contributed by atoms with Gasteiger partial charge in [-0.15, -0.1) is 0 Å². The summed E-state index contributed by atoms with van der Waals surface area (Å²) in [4.78, 5) is 0. The zero-order valence-corrected chi connectivity index (χ0v) is 13.2. The summed E-state index contributed by atoms with van der Waals surface area (Å²) < 4.78 is 11.1. The van der Waals surface area contributed by atoms with Crippen molar-refractivity contribution in [3.63, 3.8) is 0 Å². The molecule has 6 N–H and O–H groups in total. The maximum Gasteiger partial charge on any atom is 0.122 e. The number of hydrogen-bond donors (Lipinski definition) is 4. The molecule has 2 aromatic rings. The van der Waals surface area contributed by atoms with Crippen molar-refractivity contribution in [3.05, 3.63) is 71.8 Å². The first-order valence-electron chi connectivity index (χ1n) is 7.36. The summed E-state index contributed by atoms with van der Waals surface area (Å²) in [7, 11) is 0. The molecule has 124 valence electrons. The third-order valence-corrected chi connectivity index (χ3v) is 3.19. The van der Waals surface area contributed by atoms with E-state index in [2.05, 4.69) is 0 Å². The maximum atomic E-state index is 7.32. The van der Waals surface area contributed by atoms with Crippen LogP contribution in [0.5, 0.6) is 11.5 Å². The maximum absolute atomic E-state index is 7.32. The molecule has 0 aromatic heterocycles. The molecule has 0 saturated carbocycles. The fourth-order valence-corrected chi connectivity index (χ4v) is 1.89. The molecule has 0 amide bonds. The van der Waals surface area contributed by atoms with Crippen molar-refractivity contribution in [2.24, 2.45) is 11.5 Å². The van der Waals surface area contributed by atoms with E-state index in [-0.39, 0.29) is 11.7 Å². The lowest BCUT2D eigenvalue weighted by molar-refractivity contribution is 0.350. The largest absolute Gasteiger partial charge is 0.490 e. The van der Waals surface area contributed by atoms with Crippen molar-refractivity contribution in [2.75, 3.05) is 13.2 Å². The monoisotopic (exact) mass is 324 g/mol. The number of ether oxygens (including phenoxy) is 2. The second kappa shape index (κ2) is 8.38. The standard InChI is InChI=1S/C18H20N4O2/c19-17(20)13-3-7-15(8-4-13)23-11-1-2-12-24-16-9-5-14(6-10-16)18(21)22/h1-10H,11-12H2,(H3,19,20)(H3,21,22)/b2-1-. The first-order valence-corrected chi connectivity index (χ1v) is 7.36. The van der Waals surface area contributed by atoms with Gasteiger partial charge in [0.05, 0.1) is 0 Å². The molecule has 0 unspecified atom stereocenters. The number of nitrogens with two attached hydrogens (primary N) is 2. The molecule has 0 heterocycles. The average Bonchev–Trinajstić information content (AvgIpc) is 2.58. The Hall–Kier alpha value is -3.28. The summed E-state index contributed by atoms with van der Waals surface area (Å²) in [5.41, 5.74) is 12.1. The Kier molecular flexibility index (Phi) is 5.96. The predicted molar refractivity (Wildman–Crippen MR) is 95.0 cm³/mol. The summed E-state index contributed by atoms with van der Waals surface area (Å²) in [6.07, 6.45) is 3.73. The predicted octanol–water partition coefficient (Wildman–Crippen LogP) is 2.27. The van der Waals surface area contributed by atoms with Crippen LogP contribution in [0.25, 0.3) is 0 Å². The minimum Gasteiger partial charge on any atom is -0.490 e. The highest BCUT2D eigenvalue weighted by molar-refractivity contribution is 5.95. The number of amidine groups is 2. The SMILES string of the molecule is N=C(N)c1ccc(OC/C=C\COc2ccc(C(=N)N)cc2)cc1. The highest BCUT2D eigenvalue weighted by Crippen LogP contribution is 2.13. The Bertz CT molecular complexity index is 658. The van der Waals surface area contributed by atoms with Crippen molar-refractivity contribution >= 4 is 11.7 Å². The molecule has 2 aromatic carbocycles. The van der Waals surface area contributed by atoms with E-state index in [0.717, 1.165) is 0 Å². The minimum atomic E-state index is 0.0370. The number of nitrogens with one attached hydrogen (secondary N) is 2. The normalized spacial score (nSPS) is 10.5. The van der Waals surface area contributed by atoms with E-state index in [1.807, 2.05) is 12.2 Å². The van der Waals surface area contributed by atoms with Crippen molar-refractivity contribution in [1.82, 2.24) is 0 Å². The third kappa shape index (κ3) is 5.17. The molecule has 0 aliphatic heterocycles. The van der Waals surface area contributed by atoms with Gasteiger partial charge in [0.25, 0.3) is 0 Å². The Morgan fingerprint density at radius 1 is 0.708 bits per heavy atom. The first kappa shape index (κ1) is 17.1. The van der Waals surface area contributed by atoms with Crippen LogP contribution in [0.4, 0.5) is 0 Å². The average molecular weight is 324 g/mol. The van der Waals surface area contributed by atoms with Crippen molar-refractivity contribution in [2.45, 2.75) is 0 Å². The molecule has 0 bridgehead atoms. The molecule has 0 spiro atoms. The van der Waals surface area contributed by atoms with Gasteiger partial charge in [-0.1, -0.05) is 0 Å². The molecule has 0 aliphatic carbocycles. The van der Waals surface area contributed by atoms with Gasteiger partial charge in [0.2, 0.25) is 0 Å². The lowest BCUT2D eigenvalue weighted by Gasteiger charge is -2.05. The smallest absolute Gasteiger partial charge is 0.122 e. The van der Waals surface area contributed by atoms with Gasteiger partial charge in [-0.2, -0.15) is 0 Å². The van der Waals surface area contributed by atoms with Crippen LogP contribution < -0.4 is 20.9 Å². The summed E-state index contributed by atoms with van der Waals surface area (Å²) >= 11 is 0. The Morgan fingerprint density at radius 3 is 1.33 bits per heavy atom.